The summed E-state index contributed by atoms with van der Waals surface area (Å²) in [5, 5.41) is 11.2. The molecule has 0 bridgehead atoms. The summed E-state index contributed by atoms with van der Waals surface area (Å²) in [5.41, 5.74) is 1.20. The van der Waals surface area contributed by atoms with E-state index in [-0.39, 0.29) is 11.5 Å². The highest BCUT2D eigenvalue weighted by molar-refractivity contribution is 5.88. The van der Waals surface area contributed by atoms with Crippen molar-refractivity contribution in [1.82, 2.24) is 0 Å². The van der Waals surface area contributed by atoms with Gasteiger partial charge in [-0.2, -0.15) is 0 Å². The molecule has 0 saturated heterocycles. The van der Waals surface area contributed by atoms with E-state index >= 15 is 0 Å². The molecule has 0 fully saturated rings. The SMILES string of the molecule is C=C(C(=O)O)[C@H](C)c1ccc2ccccc2c1. The van der Waals surface area contributed by atoms with Crippen molar-refractivity contribution in [1.29, 1.82) is 0 Å². The Morgan fingerprint density at radius 3 is 2.47 bits per heavy atom. The number of hydrogen-bond acceptors (Lipinski definition) is 1. The molecule has 86 valence electrons. The molecule has 17 heavy (non-hydrogen) atoms. The topological polar surface area (TPSA) is 37.3 Å². The van der Waals surface area contributed by atoms with Gasteiger partial charge in [-0.1, -0.05) is 56.0 Å². The van der Waals surface area contributed by atoms with Crippen molar-refractivity contribution >= 4 is 16.7 Å². The summed E-state index contributed by atoms with van der Waals surface area (Å²) in [6.45, 7) is 5.47. The highest BCUT2D eigenvalue weighted by Gasteiger charge is 2.15. The lowest BCUT2D eigenvalue weighted by Crippen LogP contribution is -2.07. The molecule has 2 rings (SSSR count). The third kappa shape index (κ3) is 2.21. The lowest BCUT2D eigenvalue weighted by atomic mass is 9.92. The van der Waals surface area contributed by atoms with Crippen molar-refractivity contribution in [3.05, 3.63) is 60.2 Å². The van der Waals surface area contributed by atoms with Crippen LogP contribution >= 0.6 is 0 Å². The van der Waals surface area contributed by atoms with E-state index in [4.69, 9.17) is 5.11 Å². The molecule has 2 nitrogen and oxygen atoms in total. The Labute approximate surface area is 100 Å². The summed E-state index contributed by atoms with van der Waals surface area (Å²) in [6.07, 6.45) is 0. The van der Waals surface area contributed by atoms with Crippen LogP contribution < -0.4 is 0 Å². The Morgan fingerprint density at radius 2 is 1.82 bits per heavy atom. The molecule has 0 saturated carbocycles. The number of hydrogen-bond donors (Lipinski definition) is 1. The van der Waals surface area contributed by atoms with Crippen LogP contribution in [0.3, 0.4) is 0 Å². The Morgan fingerprint density at radius 1 is 1.18 bits per heavy atom. The summed E-state index contributed by atoms with van der Waals surface area (Å²) >= 11 is 0. The normalized spacial score (nSPS) is 12.3. The van der Waals surface area contributed by atoms with Crippen LogP contribution in [-0.4, -0.2) is 11.1 Å². The van der Waals surface area contributed by atoms with Gasteiger partial charge in [0, 0.05) is 11.5 Å². The molecular formula is C15H14O2. The van der Waals surface area contributed by atoms with Gasteiger partial charge in [0.05, 0.1) is 0 Å². The maximum absolute atomic E-state index is 10.9. The Bertz CT molecular complexity index is 584. The van der Waals surface area contributed by atoms with E-state index in [2.05, 4.69) is 6.58 Å². The van der Waals surface area contributed by atoms with Gasteiger partial charge in [0.15, 0.2) is 0 Å². The van der Waals surface area contributed by atoms with Gasteiger partial charge in [0.1, 0.15) is 0 Å². The van der Waals surface area contributed by atoms with Crippen molar-refractivity contribution in [2.45, 2.75) is 12.8 Å². The van der Waals surface area contributed by atoms with E-state index in [9.17, 15) is 4.79 Å². The van der Waals surface area contributed by atoms with Gasteiger partial charge < -0.3 is 5.11 Å². The summed E-state index contributed by atoms with van der Waals surface area (Å²) in [7, 11) is 0. The van der Waals surface area contributed by atoms with Gasteiger partial charge in [-0.15, -0.1) is 0 Å². The first-order valence-electron chi connectivity index (χ1n) is 5.50. The lowest BCUT2D eigenvalue weighted by molar-refractivity contribution is -0.132. The zero-order chi connectivity index (χ0) is 12.4. The van der Waals surface area contributed by atoms with Crippen LogP contribution in [0.5, 0.6) is 0 Å². The molecule has 0 amide bonds. The largest absolute Gasteiger partial charge is 0.478 e. The first kappa shape index (κ1) is 11.4. The van der Waals surface area contributed by atoms with E-state index in [1.165, 1.54) is 0 Å². The smallest absolute Gasteiger partial charge is 0.331 e. The van der Waals surface area contributed by atoms with Crippen LogP contribution in [0.4, 0.5) is 0 Å². The number of fused-ring (bicyclic) bond motifs is 1. The van der Waals surface area contributed by atoms with Crippen molar-refractivity contribution in [2.75, 3.05) is 0 Å². The molecule has 0 unspecified atom stereocenters. The standard InChI is InChI=1S/C15H14O2/c1-10(11(2)15(16)17)13-8-7-12-5-3-4-6-14(12)9-13/h3-10H,2H2,1H3,(H,16,17)/t10-/m0/s1. The fourth-order valence-electron chi connectivity index (χ4n) is 1.86. The predicted molar refractivity (Wildman–Crippen MR) is 69.1 cm³/mol. The average Bonchev–Trinajstić information content (AvgIpc) is 2.36. The van der Waals surface area contributed by atoms with Gasteiger partial charge in [0.25, 0.3) is 0 Å². The molecule has 1 N–H and O–H groups in total. The Balaban J connectivity index is 2.43. The number of rotatable bonds is 3. The first-order valence-corrected chi connectivity index (χ1v) is 5.50. The first-order chi connectivity index (χ1) is 8.09. The third-order valence-electron chi connectivity index (χ3n) is 3.07. The minimum absolute atomic E-state index is 0.169. The molecule has 0 aromatic heterocycles. The van der Waals surface area contributed by atoms with E-state index < -0.39 is 5.97 Å². The molecule has 0 radical (unpaired) electrons. The van der Waals surface area contributed by atoms with Crippen LogP contribution in [-0.2, 0) is 4.79 Å². The minimum Gasteiger partial charge on any atom is -0.478 e. The number of carboxylic acids is 1. The fraction of sp³-hybridized carbons (Fsp3) is 0.133. The van der Waals surface area contributed by atoms with Gasteiger partial charge in [-0.25, -0.2) is 4.79 Å². The quantitative estimate of drug-likeness (QED) is 0.812. The average molecular weight is 226 g/mol. The van der Waals surface area contributed by atoms with Gasteiger partial charge in [-0.3, -0.25) is 0 Å². The molecule has 0 aliphatic carbocycles. The lowest BCUT2D eigenvalue weighted by Gasteiger charge is -2.12. The van der Waals surface area contributed by atoms with E-state index in [1.54, 1.807) is 0 Å². The van der Waals surface area contributed by atoms with Crippen LogP contribution in [0.15, 0.2) is 54.6 Å². The van der Waals surface area contributed by atoms with Crippen molar-refractivity contribution in [3.8, 4) is 0 Å². The zero-order valence-corrected chi connectivity index (χ0v) is 9.68. The second-order valence-electron chi connectivity index (χ2n) is 4.16. The molecule has 0 heterocycles. The zero-order valence-electron chi connectivity index (χ0n) is 9.68. The maximum atomic E-state index is 10.9. The van der Waals surface area contributed by atoms with Crippen LogP contribution in [0.25, 0.3) is 10.8 Å². The number of benzene rings is 2. The van der Waals surface area contributed by atoms with Crippen molar-refractivity contribution < 1.29 is 9.90 Å². The van der Waals surface area contributed by atoms with Crippen LogP contribution in [0.1, 0.15) is 18.4 Å². The van der Waals surface area contributed by atoms with Crippen LogP contribution in [0, 0.1) is 0 Å². The van der Waals surface area contributed by atoms with Crippen LogP contribution in [0.2, 0.25) is 0 Å². The highest BCUT2D eigenvalue weighted by Crippen LogP contribution is 2.26. The second kappa shape index (κ2) is 4.42. The molecule has 0 spiro atoms. The summed E-state index contributed by atoms with van der Waals surface area (Å²) < 4.78 is 0. The molecule has 0 aliphatic heterocycles. The monoisotopic (exact) mass is 226 g/mol. The number of carboxylic acid groups (broad SMARTS) is 1. The number of carbonyl (C=O) groups is 1. The molecular weight excluding hydrogens is 212 g/mol. The molecule has 0 aliphatic rings. The summed E-state index contributed by atoms with van der Waals surface area (Å²) in [5.74, 6) is -1.11. The van der Waals surface area contributed by atoms with Gasteiger partial charge >= 0.3 is 5.97 Å². The fourth-order valence-corrected chi connectivity index (χ4v) is 1.86. The van der Waals surface area contributed by atoms with E-state index in [0.717, 1.165) is 16.3 Å². The molecule has 2 heteroatoms. The van der Waals surface area contributed by atoms with E-state index in [1.807, 2.05) is 49.4 Å². The van der Waals surface area contributed by atoms with Crippen molar-refractivity contribution in [3.63, 3.8) is 0 Å². The predicted octanol–water partition coefficient (Wildman–Crippen LogP) is 3.58. The molecule has 1 atom stereocenters. The Kier molecular flexibility index (Phi) is 2.96. The third-order valence-corrected chi connectivity index (χ3v) is 3.07. The van der Waals surface area contributed by atoms with Crippen molar-refractivity contribution in [2.24, 2.45) is 0 Å². The second-order valence-corrected chi connectivity index (χ2v) is 4.16. The maximum Gasteiger partial charge on any atom is 0.331 e. The van der Waals surface area contributed by atoms with Gasteiger partial charge in [-0.05, 0) is 16.3 Å². The van der Waals surface area contributed by atoms with Gasteiger partial charge in [0.2, 0.25) is 0 Å². The highest BCUT2D eigenvalue weighted by atomic mass is 16.4. The summed E-state index contributed by atoms with van der Waals surface area (Å²) in [4.78, 5) is 10.9. The van der Waals surface area contributed by atoms with E-state index in [0.29, 0.717) is 0 Å². The molecule has 2 aromatic rings. The summed E-state index contributed by atoms with van der Waals surface area (Å²) in [6, 6.07) is 14.0. The number of aliphatic carboxylic acids is 1. The minimum atomic E-state index is -0.939. The Hall–Kier alpha value is -2.09. The molecule has 2 aromatic carbocycles.